The second-order valence-corrected chi connectivity index (χ2v) is 7.81. The lowest BCUT2D eigenvalue weighted by Gasteiger charge is -2.17. The van der Waals surface area contributed by atoms with Crippen LogP contribution >= 0.6 is 23.2 Å². The van der Waals surface area contributed by atoms with Gasteiger partial charge < -0.3 is 10.2 Å². The summed E-state index contributed by atoms with van der Waals surface area (Å²) in [6.45, 7) is 7.29. The summed E-state index contributed by atoms with van der Waals surface area (Å²) in [6.07, 6.45) is -0.0684. The van der Waals surface area contributed by atoms with E-state index in [0.717, 1.165) is 50.2 Å². The van der Waals surface area contributed by atoms with Crippen LogP contribution in [-0.2, 0) is 17.4 Å². The molecule has 8 heteroatoms. The highest BCUT2D eigenvalue weighted by atomic mass is 35.5. The lowest BCUT2D eigenvalue weighted by molar-refractivity contribution is -0.137. The summed E-state index contributed by atoms with van der Waals surface area (Å²) in [5.41, 5.74) is 1.02. The third-order valence-corrected chi connectivity index (χ3v) is 5.56. The summed E-state index contributed by atoms with van der Waals surface area (Å²) in [6, 6.07) is 8.32. The van der Waals surface area contributed by atoms with Crippen LogP contribution in [0.4, 0.5) is 18.9 Å². The van der Waals surface area contributed by atoms with Crippen molar-refractivity contribution in [2.24, 2.45) is 0 Å². The second-order valence-electron chi connectivity index (χ2n) is 6.99. The molecule has 0 aliphatic carbocycles. The number of hydrogen-bond donors (Lipinski definition) is 1. The van der Waals surface area contributed by atoms with Gasteiger partial charge in [-0.15, -0.1) is 0 Å². The number of anilines is 1. The summed E-state index contributed by atoms with van der Waals surface area (Å²) in [5, 5.41) is 3.18. The number of nitrogens with one attached hydrogen (secondary N) is 1. The smallest absolute Gasteiger partial charge is 0.322 e. The topological polar surface area (TPSA) is 32.3 Å². The third-order valence-electron chi connectivity index (χ3n) is 4.88. The summed E-state index contributed by atoms with van der Waals surface area (Å²) in [5.74, 6) is -0.443. The molecule has 168 valence electrons. The Kier molecular flexibility index (Phi) is 9.41. The Labute approximate surface area is 190 Å². The molecule has 0 bridgehead atoms. The molecule has 0 aliphatic heterocycles. The fourth-order valence-corrected chi connectivity index (χ4v) is 3.57. The zero-order valence-electron chi connectivity index (χ0n) is 17.4. The molecule has 1 N–H and O–H groups in total. The Morgan fingerprint density at radius 3 is 2.35 bits per heavy atom. The fraction of sp³-hybridized carbons (Fsp3) is 0.348. The number of nitrogens with zero attached hydrogens (tertiary/aromatic N) is 1. The zero-order chi connectivity index (χ0) is 23.0. The van der Waals surface area contributed by atoms with Gasteiger partial charge in [0.15, 0.2) is 0 Å². The Balaban J connectivity index is 1.96. The molecular formula is C23H25Cl2F3N2O. The van der Waals surface area contributed by atoms with Crippen LogP contribution in [0.15, 0.2) is 42.5 Å². The van der Waals surface area contributed by atoms with Gasteiger partial charge in [0.1, 0.15) is 0 Å². The van der Waals surface area contributed by atoms with Crippen LogP contribution < -0.4 is 5.32 Å². The van der Waals surface area contributed by atoms with Gasteiger partial charge in [0.25, 0.3) is 0 Å². The molecule has 31 heavy (non-hydrogen) atoms. The minimum Gasteiger partial charge on any atom is -0.322 e. The lowest BCUT2D eigenvalue weighted by atomic mass is 10.1. The minimum absolute atomic E-state index is 0.0871. The van der Waals surface area contributed by atoms with Crippen LogP contribution in [0.3, 0.4) is 0 Å². The van der Waals surface area contributed by atoms with E-state index in [9.17, 15) is 18.0 Å². The molecule has 0 aliphatic rings. The number of benzene rings is 2. The Morgan fingerprint density at radius 1 is 1.06 bits per heavy atom. The number of carbonyl (C=O) groups is 1. The van der Waals surface area contributed by atoms with Crippen molar-refractivity contribution in [2.75, 3.05) is 25.0 Å². The molecule has 2 aromatic rings. The lowest BCUT2D eigenvalue weighted by Crippen LogP contribution is -2.24. The van der Waals surface area contributed by atoms with E-state index in [1.54, 1.807) is 12.1 Å². The van der Waals surface area contributed by atoms with Gasteiger partial charge in [-0.3, -0.25) is 4.79 Å². The highest BCUT2D eigenvalue weighted by Crippen LogP contribution is 2.32. The van der Waals surface area contributed by atoms with Gasteiger partial charge in [-0.1, -0.05) is 49.2 Å². The van der Waals surface area contributed by atoms with Crippen LogP contribution in [0, 0.1) is 0 Å². The molecule has 0 fully saturated rings. The third kappa shape index (κ3) is 7.87. The predicted octanol–water partition coefficient (Wildman–Crippen LogP) is 6.94. The molecule has 0 radical (unpaired) electrons. The fourth-order valence-electron chi connectivity index (χ4n) is 3.05. The van der Waals surface area contributed by atoms with Crippen LogP contribution in [-0.4, -0.2) is 30.4 Å². The number of rotatable bonds is 9. The average Bonchev–Trinajstić information content (AvgIpc) is 2.71. The standard InChI is InChI=1S/C23H25Cl2F3N2O/c1-3-30(4-2)13-5-6-16-8-11-19(15-21(16)25)29-22(31)12-9-17-7-10-18(14-20(17)24)23(26,27)28/h7-12,14-15H,3-6,13H2,1-2H3,(H,29,31)/b12-9+. The minimum atomic E-state index is -4.47. The first-order chi connectivity index (χ1) is 14.6. The summed E-state index contributed by atoms with van der Waals surface area (Å²) in [7, 11) is 0. The van der Waals surface area contributed by atoms with E-state index >= 15 is 0 Å². The molecular weight excluding hydrogens is 448 g/mol. The number of carbonyl (C=O) groups excluding carboxylic acids is 1. The number of alkyl halides is 3. The molecule has 0 aromatic heterocycles. The highest BCUT2D eigenvalue weighted by molar-refractivity contribution is 6.32. The van der Waals surface area contributed by atoms with Crippen molar-refractivity contribution in [3.8, 4) is 0 Å². The van der Waals surface area contributed by atoms with Gasteiger partial charge in [0, 0.05) is 21.8 Å². The number of aryl methyl sites for hydroxylation is 1. The maximum atomic E-state index is 12.7. The van der Waals surface area contributed by atoms with Crippen molar-refractivity contribution >= 4 is 40.9 Å². The second kappa shape index (κ2) is 11.6. The molecule has 0 saturated carbocycles. The van der Waals surface area contributed by atoms with E-state index in [4.69, 9.17) is 23.2 Å². The van der Waals surface area contributed by atoms with Crippen molar-refractivity contribution in [3.05, 3.63) is 69.2 Å². The Hall–Kier alpha value is -2.02. The van der Waals surface area contributed by atoms with Crippen molar-refractivity contribution in [3.63, 3.8) is 0 Å². The van der Waals surface area contributed by atoms with Crippen LogP contribution in [0.1, 0.15) is 37.0 Å². The van der Waals surface area contributed by atoms with Crippen LogP contribution in [0.25, 0.3) is 6.08 Å². The van der Waals surface area contributed by atoms with Gasteiger partial charge in [-0.05, 0) is 73.9 Å². The first-order valence-corrected chi connectivity index (χ1v) is 10.8. The summed E-state index contributed by atoms with van der Waals surface area (Å²) < 4.78 is 38.1. The van der Waals surface area contributed by atoms with Crippen molar-refractivity contribution in [1.82, 2.24) is 4.90 Å². The van der Waals surface area contributed by atoms with E-state index in [1.165, 1.54) is 18.2 Å². The summed E-state index contributed by atoms with van der Waals surface area (Å²) in [4.78, 5) is 14.5. The Bertz CT molecular complexity index is 926. The van der Waals surface area contributed by atoms with Crippen molar-refractivity contribution < 1.29 is 18.0 Å². The SMILES string of the molecule is CCN(CC)CCCc1ccc(NC(=O)/C=C/c2ccc(C(F)(F)F)cc2Cl)cc1Cl. The van der Waals surface area contributed by atoms with E-state index in [1.807, 2.05) is 6.07 Å². The maximum absolute atomic E-state index is 12.7. The first-order valence-electron chi connectivity index (χ1n) is 10.0. The quantitative estimate of drug-likeness (QED) is 0.400. The van der Waals surface area contributed by atoms with Gasteiger partial charge in [-0.2, -0.15) is 13.2 Å². The van der Waals surface area contributed by atoms with E-state index in [-0.39, 0.29) is 5.02 Å². The van der Waals surface area contributed by atoms with Gasteiger partial charge in [0.05, 0.1) is 5.56 Å². The maximum Gasteiger partial charge on any atom is 0.416 e. The first kappa shape index (κ1) is 25.2. The molecule has 0 atom stereocenters. The molecule has 2 aromatic carbocycles. The highest BCUT2D eigenvalue weighted by Gasteiger charge is 2.30. The normalized spacial score (nSPS) is 12.0. The monoisotopic (exact) mass is 472 g/mol. The van der Waals surface area contributed by atoms with Gasteiger partial charge >= 0.3 is 6.18 Å². The van der Waals surface area contributed by atoms with Gasteiger partial charge in [-0.25, -0.2) is 0 Å². The van der Waals surface area contributed by atoms with Crippen LogP contribution in [0.5, 0.6) is 0 Å². The largest absolute Gasteiger partial charge is 0.416 e. The molecule has 3 nitrogen and oxygen atoms in total. The van der Waals surface area contributed by atoms with Crippen molar-refractivity contribution in [2.45, 2.75) is 32.9 Å². The van der Waals surface area contributed by atoms with E-state index in [2.05, 4.69) is 24.1 Å². The van der Waals surface area contributed by atoms with E-state index < -0.39 is 17.6 Å². The molecule has 0 spiro atoms. The van der Waals surface area contributed by atoms with E-state index in [0.29, 0.717) is 16.3 Å². The molecule has 0 heterocycles. The molecule has 2 rings (SSSR count). The molecule has 0 saturated heterocycles. The molecule has 1 amide bonds. The number of amides is 1. The molecule has 0 unspecified atom stereocenters. The Morgan fingerprint density at radius 2 is 1.77 bits per heavy atom. The van der Waals surface area contributed by atoms with Gasteiger partial charge in [0.2, 0.25) is 5.91 Å². The number of halogens is 5. The number of hydrogen-bond acceptors (Lipinski definition) is 2. The zero-order valence-corrected chi connectivity index (χ0v) is 18.9. The van der Waals surface area contributed by atoms with Crippen LogP contribution in [0.2, 0.25) is 10.0 Å². The van der Waals surface area contributed by atoms with Crippen molar-refractivity contribution in [1.29, 1.82) is 0 Å². The summed E-state index contributed by atoms with van der Waals surface area (Å²) >= 11 is 12.2. The average molecular weight is 473 g/mol. The predicted molar refractivity (Wildman–Crippen MR) is 122 cm³/mol.